The molecule has 4 fully saturated rings. The van der Waals surface area contributed by atoms with Crippen LogP contribution in [0.1, 0.15) is 19.3 Å². The second-order valence-electron chi connectivity index (χ2n) is 8.93. The minimum Gasteiger partial charge on any atom is -0.379 e. The summed E-state index contributed by atoms with van der Waals surface area (Å²) in [6.07, 6.45) is 1.98. The third kappa shape index (κ3) is 6.28. The average molecular weight is 469 g/mol. The molecule has 0 bridgehead atoms. The summed E-state index contributed by atoms with van der Waals surface area (Å²) in [7, 11) is 0. The van der Waals surface area contributed by atoms with E-state index in [0.29, 0.717) is 44.4 Å². The molecule has 4 aliphatic rings. The Morgan fingerprint density at radius 1 is 1.12 bits per heavy atom. The molecule has 0 aromatic heterocycles. The van der Waals surface area contributed by atoms with E-state index in [1.165, 1.54) is 0 Å². The van der Waals surface area contributed by atoms with Crippen molar-refractivity contribution in [3.63, 3.8) is 0 Å². The molecule has 3 unspecified atom stereocenters. The zero-order valence-corrected chi connectivity index (χ0v) is 19.5. The summed E-state index contributed by atoms with van der Waals surface area (Å²) in [6.45, 7) is 9.19. The van der Waals surface area contributed by atoms with Gasteiger partial charge < -0.3 is 30.3 Å². The van der Waals surface area contributed by atoms with Crippen LogP contribution in [0.2, 0.25) is 0 Å². The number of carbonyl (C=O) groups excluding carboxylic acids is 2. The Morgan fingerprint density at radius 2 is 1.84 bits per heavy atom. The van der Waals surface area contributed by atoms with Crippen molar-refractivity contribution in [2.45, 2.75) is 37.4 Å². The van der Waals surface area contributed by atoms with Gasteiger partial charge in [-0.05, 0) is 25.1 Å². The van der Waals surface area contributed by atoms with E-state index in [1.807, 2.05) is 4.90 Å². The molecule has 3 atom stereocenters. The van der Waals surface area contributed by atoms with Crippen molar-refractivity contribution in [2.75, 3.05) is 78.8 Å². The quantitative estimate of drug-likeness (QED) is 0.380. The van der Waals surface area contributed by atoms with Crippen molar-refractivity contribution in [2.24, 2.45) is 0 Å². The van der Waals surface area contributed by atoms with Crippen LogP contribution < -0.4 is 16.0 Å². The van der Waals surface area contributed by atoms with E-state index in [0.717, 1.165) is 58.8 Å². The van der Waals surface area contributed by atoms with Gasteiger partial charge in [0, 0.05) is 70.9 Å². The molecule has 4 saturated heterocycles. The van der Waals surface area contributed by atoms with Gasteiger partial charge in [-0.1, -0.05) is 0 Å². The van der Waals surface area contributed by atoms with E-state index in [1.54, 1.807) is 0 Å². The van der Waals surface area contributed by atoms with Crippen LogP contribution in [-0.4, -0.2) is 129 Å². The molecule has 0 saturated carbocycles. The van der Waals surface area contributed by atoms with Crippen LogP contribution >= 0.6 is 12.2 Å². The van der Waals surface area contributed by atoms with Crippen molar-refractivity contribution >= 4 is 29.1 Å². The highest BCUT2D eigenvalue weighted by atomic mass is 32.1. The van der Waals surface area contributed by atoms with Crippen molar-refractivity contribution in [3.05, 3.63) is 0 Å². The fourth-order valence-corrected chi connectivity index (χ4v) is 5.27. The Balaban J connectivity index is 1.20. The summed E-state index contributed by atoms with van der Waals surface area (Å²) in [5, 5.41) is 10.4. The number of nitrogens with one attached hydrogen (secondary N) is 3. The van der Waals surface area contributed by atoms with Gasteiger partial charge in [0.15, 0.2) is 5.11 Å². The molecule has 0 aliphatic carbocycles. The number of hydrogen-bond acceptors (Lipinski definition) is 7. The Labute approximate surface area is 195 Å². The van der Waals surface area contributed by atoms with Gasteiger partial charge in [-0.3, -0.25) is 19.4 Å². The van der Waals surface area contributed by atoms with Gasteiger partial charge in [0.1, 0.15) is 0 Å². The van der Waals surface area contributed by atoms with E-state index in [-0.39, 0.29) is 29.9 Å². The highest BCUT2D eigenvalue weighted by Crippen LogP contribution is 2.26. The molecule has 4 rings (SSSR count). The van der Waals surface area contributed by atoms with Crippen molar-refractivity contribution < 1.29 is 19.1 Å². The number of morpholine rings is 2. The van der Waals surface area contributed by atoms with Crippen molar-refractivity contribution in [1.29, 1.82) is 0 Å². The van der Waals surface area contributed by atoms with Crippen LogP contribution in [-0.2, 0) is 19.1 Å². The van der Waals surface area contributed by atoms with Crippen LogP contribution in [0, 0.1) is 0 Å². The molecule has 32 heavy (non-hydrogen) atoms. The third-order valence-corrected chi connectivity index (χ3v) is 7.09. The first kappa shape index (κ1) is 23.6. The number of amides is 2. The second kappa shape index (κ2) is 11.6. The number of carbonyl (C=O) groups is 2. The molecule has 180 valence electrons. The molecule has 11 heteroatoms. The monoisotopic (exact) mass is 468 g/mol. The summed E-state index contributed by atoms with van der Waals surface area (Å²) in [6, 6.07) is 0.155. The molecule has 0 spiro atoms. The summed E-state index contributed by atoms with van der Waals surface area (Å²) < 4.78 is 10.7. The summed E-state index contributed by atoms with van der Waals surface area (Å²) in [4.78, 5) is 31.5. The van der Waals surface area contributed by atoms with Crippen LogP contribution in [0.4, 0.5) is 0 Å². The zero-order chi connectivity index (χ0) is 22.3. The van der Waals surface area contributed by atoms with Gasteiger partial charge in [0.05, 0.1) is 32.5 Å². The number of nitrogens with zero attached hydrogens (tertiary/aromatic N) is 3. The maximum atomic E-state index is 12.5. The Bertz CT molecular complexity index is 671. The number of thiocarbonyl (C=S) groups is 1. The van der Waals surface area contributed by atoms with Gasteiger partial charge in [-0.2, -0.15) is 0 Å². The molecular weight excluding hydrogens is 432 g/mol. The first-order chi connectivity index (χ1) is 15.6. The van der Waals surface area contributed by atoms with Crippen molar-refractivity contribution in [3.8, 4) is 0 Å². The molecule has 4 heterocycles. The van der Waals surface area contributed by atoms with E-state index in [4.69, 9.17) is 21.7 Å². The number of rotatable bonds is 7. The first-order valence-electron chi connectivity index (χ1n) is 11.8. The normalized spacial score (nSPS) is 29.3. The molecule has 0 aromatic rings. The topological polar surface area (TPSA) is 98.4 Å². The lowest BCUT2D eigenvalue weighted by atomic mass is 10.0. The lowest BCUT2D eigenvalue weighted by molar-refractivity contribution is -0.136. The van der Waals surface area contributed by atoms with Crippen LogP contribution in [0.3, 0.4) is 0 Å². The van der Waals surface area contributed by atoms with Gasteiger partial charge >= 0.3 is 0 Å². The SMILES string of the molecule is O=C1NCC(CCC(=O)N2CCOCC2)N2CC(NC(=S)NCCN3CCOCC3)CC12. The predicted octanol–water partition coefficient (Wildman–Crippen LogP) is -1.64. The standard InChI is InChI=1S/C21H36N6O4S/c28-19(26-7-11-31-12-8-26)2-1-17-14-23-20(29)18-13-16(15-27(17)18)24-21(32)22-3-4-25-5-9-30-10-6-25/h16-18H,1-15H2,(H,23,29)(H2,22,24,32). The smallest absolute Gasteiger partial charge is 0.237 e. The number of fused-ring (bicyclic) bond motifs is 1. The highest BCUT2D eigenvalue weighted by Gasteiger charge is 2.43. The highest BCUT2D eigenvalue weighted by molar-refractivity contribution is 7.80. The van der Waals surface area contributed by atoms with Gasteiger partial charge in [-0.15, -0.1) is 0 Å². The largest absolute Gasteiger partial charge is 0.379 e. The van der Waals surface area contributed by atoms with Gasteiger partial charge in [0.2, 0.25) is 11.8 Å². The van der Waals surface area contributed by atoms with Crippen LogP contribution in [0.25, 0.3) is 0 Å². The van der Waals surface area contributed by atoms with E-state index in [9.17, 15) is 9.59 Å². The average Bonchev–Trinajstić information content (AvgIpc) is 3.24. The van der Waals surface area contributed by atoms with E-state index in [2.05, 4.69) is 25.8 Å². The van der Waals surface area contributed by atoms with Crippen LogP contribution in [0.15, 0.2) is 0 Å². The van der Waals surface area contributed by atoms with Gasteiger partial charge in [0.25, 0.3) is 0 Å². The predicted molar refractivity (Wildman–Crippen MR) is 123 cm³/mol. The molecule has 2 amide bonds. The number of ether oxygens (including phenoxy) is 2. The maximum Gasteiger partial charge on any atom is 0.237 e. The second-order valence-corrected chi connectivity index (χ2v) is 9.34. The molecule has 0 aromatic carbocycles. The molecule has 3 N–H and O–H groups in total. The summed E-state index contributed by atoms with van der Waals surface area (Å²) in [5.74, 6) is 0.262. The lowest BCUT2D eigenvalue weighted by Crippen LogP contribution is -2.58. The fraction of sp³-hybridized carbons (Fsp3) is 0.857. The Morgan fingerprint density at radius 3 is 2.59 bits per heavy atom. The van der Waals surface area contributed by atoms with E-state index < -0.39 is 0 Å². The van der Waals surface area contributed by atoms with Crippen molar-refractivity contribution in [1.82, 2.24) is 30.7 Å². The minimum absolute atomic E-state index is 0.0799. The molecule has 4 aliphatic heterocycles. The summed E-state index contributed by atoms with van der Waals surface area (Å²) >= 11 is 5.49. The Kier molecular flexibility index (Phi) is 8.53. The number of piperazine rings is 1. The fourth-order valence-electron chi connectivity index (χ4n) is 5.00. The minimum atomic E-state index is -0.152. The molecular formula is C21H36N6O4S. The third-order valence-electron chi connectivity index (χ3n) is 6.83. The van der Waals surface area contributed by atoms with Crippen LogP contribution in [0.5, 0.6) is 0 Å². The zero-order valence-electron chi connectivity index (χ0n) is 18.7. The first-order valence-corrected chi connectivity index (χ1v) is 12.2. The molecule has 0 radical (unpaired) electrons. The number of hydrogen-bond donors (Lipinski definition) is 3. The summed E-state index contributed by atoms with van der Waals surface area (Å²) in [5.41, 5.74) is 0. The lowest BCUT2D eigenvalue weighted by Gasteiger charge is -2.37. The maximum absolute atomic E-state index is 12.5. The molecule has 10 nitrogen and oxygen atoms in total. The Hall–Kier alpha value is -1.53. The van der Waals surface area contributed by atoms with E-state index >= 15 is 0 Å². The van der Waals surface area contributed by atoms with Gasteiger partial charge in [-0.25, -0.2) is 0 Å².